The summed E-state index contributed by atoms with van der Waals surface area (Å²) in [6, 6.07) is 10.0. The van der Waals surface area contributed by atoms with E-state index in [1.165, 1.54) is 6.07 Å². The number of carbonyl (C=O) groups is 1. The number of nitro groups is 1. The molecule has 0 saturated carbocycles. The van der Waals surface area contributed by atoms with Crippen LogP contribution in [-0.2, 0) is 4.79 Å². The lowest BCUT2D eigenvalue weighted by molar-refractivity contribution is -0.384. The molecule has 24 heavy (non-hydrogen) atoms. The molecule has 7 heteroatoms. The summed E-state index contributed by atoms with van der Waals surface area (Å²) in [4.78, 5) is 24.7. The van der Waals surface area contributed by atoms with Crippen LogP contribution in [0.1, 0.15) is 11.1 Å². The van der Waals surface area contributed by atoms with Gasteiger partial charge in [0.15, 0.2) is 0 Å². The third-order valence-corrected chi connectivity index (χ3v) is 3.99. The van der Waals surface area contributed by atoms with Crippen molar-refractivity contribution in [3.8, 4) is 0 Å². The molecule has 122 valence electrons. The first-order valence-electron chi connectivity index (χ1n) is 7.15. The summed E-state index contributed by atoms with van der Waals surface area (Å²) >= 11 is 5.93. The molecule has 1 aliphatic heterocycles. The number of benzene rings is 2. The van der Waals surface area contributed by atoms with Crippen LogP contribution in [0.3, 0.4) is 0 Å². The Labute approximate surface area is 143 Å². The highest BCUT2D eigenvalue weighted by atomic mass is 35.5. The molecule has 0 spiro atoms. The van der Waals surface area contributed by atoms with Gasteiger partial charge in [0.2, 0.25) is 0 Å². The second-order valence-electron chi connectivity index (χ2n) is 5.60. The molecular formula is C17H14ClN3O3. The SMILES string of the molecule is CN(C)c1ccc(/C=C2/C(=O)Nc3cc(Cl)ccc32)cc1[N+](=O)[O-]. The van der Waals surface area contributed by atoms with Gasteiger partial charge in [0, 0.05) is 36.3 Å². The number of fused-ring (bicyclic) bond motifs is 1. The van der Waals surface area contributed by atoms with Gasteiger partial charge < -0.3 is 10.2 Å². The second-order valence-corrected chi connectivity index (χ2v) is 6.04. The highest BCUT2D eigenvalue weighted by Gasteiger charge is 2.24. The van der Waals surface area contributed by atoms with Gasteiger partial charge in [-0.3, -0.25) is 14.9 Å². The van der Waals surface area contributed by atoms with Gasteiger partial charge in [-0.05, 0) is 29.8 Å². The average molecular weight is 344 g/mol. The van der Waals surface area contributed by atoms with Gasteiger partial charge in [0.05, 0.1) is 10.6 Å². The Kier molecular flexibility index (Phi) is 3.99. The summed E-state index contributed by atoms with van der Waals surface area (Å²) in [7, 11) is 3.48. The van der Waals surface area contributed by atoms with Gasteiger partial charge in [-0.1, -0.05) is 23.7 Å². The Balaban J connectivity index is 2.08. The first-order chi connectivity index (χ1) is 11.4. The maximum absolute atomic E-state index is 12.2. The summed E-state index contributed by atoms with van der Waals surface area (Å²) in [6.45, 7) is 0. The lowest BCUT2D eigenvalue weighted by atomic mass is 10.0. The summed E-state index contributed by atoms with van der Waals surface area (Å²) in [5.74, 6) is -0.258. The normalized spacial score (nSPS) is 14.5. The Morgan fingerprint density at radius 1 is 1.21 bits per heavy atom. The summed E-state index contributed by atoms with van der Waals surface area (Å²) in [6.07, 6.45) is 1.64. The number of nitrogens with zero attached hydrogens (tertiary/aromatic N) is 2. The van der Waals surface area contributed by atoms with Gasteiger partial charge in [-0.25, -0.2) is 0 Å². The minimum atomic E-state index is -0.431. The van der Waals surface area contributed by atoms with Crippen molar-refractivity contribution in [1.29, 1.82) is 0 Å². The van der Waals surface area contributed by atoms with Crippen LogP contribution >= 0.6 is 11.6 Å². The molecule has 2 aromatic carbocycles. The van der Waals surface area contributed by atoms with Crippen molar-refractivity contribution in [3.63, 3.8) is 0 Å². The van der Waals surface area contributed by atoms with Gasteiger partial charge in [-0.15, -0.1) is 0 Å². The largest absolute Gasteiger partial charge is 0.372 e. The molecule has 1 aliphatic rings. The van der Waals surface area contributed by atoms with E-state index in [0.717, 1.165) is 5.56 Å². The predicted octanol–water partition coefficient (Wildman–Crippen LogP) is 3.81. The number of hydrogen-bond acceptors (Lipinski definition) is 4. The monoisotopic (exact) mass is 343 g/mol. The smallest absolute Gasteiger partial charge is 0.293 e. The van der Waals surface area contributed by atoms with Crippen molar-refractivity contribution in [1.82, 2.24) is 0 Å². The number of nitrogens with one attached hydrogen (secondary N) is 1. The zero-order valence-electron chi connectivity index (χ0n) is 13.0. The molecule has 0 aliphatic carbocycles. The fourth-order valence-electron chi connectivity index (χ4n) is 2.63. The van der Waals surface area contributed by atoms with Crippen LogP contribution in [0.25, 0.3) is 11.6 Å². The van der Waals surface area contributed by atoms with Crippen molar-refractivity contribution >= 4 is 46.2 Å². The maximum atomic E-state index is 12.2. The van der Waals surface area contributed by atoms with Crippen LogP contribution in [0.5, 0.6) is 0 Å². The molecule has 6 nitrogen and oxygen atoms in total. The molecule has 0 bridgehead atoms. The lowest BCUT2D eigenvalue weighted by Gasteiger charge is -2.12. The standard InChI is InChI=1S/C17H14ClN3O3/c1-20(2)15-6-3-10(8-16(15)21(23)24)7-13-12-5-4-11(18)9-14(12)19-17(13)22/h3-9H,1-2H3,(H,19,22)/b13-7+. The third kappa shape index (κ3) is 2.83. The molecule has 3 rings (SSSR count). The maximum Gasteiger partial charge on any atom is 0.293 e. The number of rotatable bonds is 3. The fourth-order valence-corrected chi connectivity index (χ4v) is 2.80. The molecular weight excluding hydrogens is 330 g/mol. The molecule has 0 atom stereocenters. The quantitative estimate of drug-likeness (QED) is 0.522. The van der Waals surface area contributed by atoms with Crippen LogP contribution in [0, 0.1) is 10.1 Å². The summed E-state index contributed by atoms with van der Waals surface area (Å²) < 4.78 is 0. The first kappa shape index (κ1) is 16.0. The number of nitro benzene ring substituents is 1. The molecule has 0 fully saturated rings. The van der Waals surface area contributed by atoms with Crippen molar-refractivity contribution < 1.29 is 9.72 Å². The Hall–Kier alpha value is -2.86. The second kappa shape index (κ2) is 5.98. The molecule has 1 amide bonds. The number of amides is 1. The minimum absolute atomic E-state index is 0.0101. The fraction of sp³-hybridized carbons (Fsp3) is 0.118. The minimum Gasteiger partial charge on any atom is -0.372 e. The van der Waals surface area contributed by atoms with Gasteiger partial charge in [0.1, 0.15) is 5.69 Å². The van der Waals surface area contributed by atoms with Crippen molar-refractivity contribution in [3.05, 3.63) is 62.7 Å². The van der Waals surface area contributed by atoms with E-state index >= 15 is 0 Å². The number of anilines is 2. The van der Waals surface area contributed by atoms with E-state index in [9.17, 15) is 14.9 Å². The lowest BCUT2D eigenvalue weighted by Crippen LogP contribution is -2.11. The molecule has 0 aromatic heterocycles. The molecule has 2 aromatic rings. The zero-order valence-corrected chi connectivity index (χ0v) is 13.8. The van der Waals surface area contributed by atoms with Crippen LogP contribution in [0.15, 0.2) is 36.4 Å². The Bertz CT molecular complexity index is 891. The molecule has 1 N–H and O–H groups in total. The zero-order chi connectivity index (χ0) is 17.4. The molecule has 0 radical (unpaired) electrons. The van der Waals surface area contributed by atoms with E-state index < -0.39 is 4.92 Å². The van der Waals surface area contributed by atoms with Crippen molar-refractivity contribution in [2.45, 2.75) is 0 Å². The van der Waals surface area contributed by atoms with E-state index in [1.807, 2.05) is 0 Å². The first-order valence-corrected chi connectivity index (χ1v) is 7.53. The van der Waals surface area contributed by atoms with Gasteiger partial charge in [-0.2, -0.15) is 0 Å². The van der Waals surface area contributed by atoms with Crippen LogP contribution < -0.4 is 10.2 Å². The third-order valence-electron chi connectivity index (χ3n) is 3.75. The molecule has 0 unspecified atom stereocenters. The van der Waals surface area contributed by atoms with Crippen molar-refractivity contribution in [2.75, 3.05) is 24.3 Å². The van der Waals surface area contributed by atoms with Gasteiger partial charge in [0.25, 0.3) is 11.6 Å². The van der Waals surface area contributed by atoms with E-state index in [-0.39, 0.29) is 11.6 Å². The van der Waals surface area contributed by atoms with Crippen LogP contribution in [-0.4, -0.2) is 24.9 Å². The van der Waals surface area contributed by atoms with E-state index in [0.29, 0.717) is 27.5 Å². The van der Waals surface area contributed by atoms with E-state index in [4.69, 9.17) is 11.6 Å². The summed E-state index contributed by atoms with van der Waals surface area (Å²) in [5, 5.41) is 14.6. The number of halogens is 1. The Morgan fingerprint density at radius 3 is 2.62 bits per heavy atom. The van der Waals surface area contributed by atoms with E-state index in [1.54, 1.807) is 55.4 Å². The highest BCUT2D eigenvalue weighted by Crippen LogP contribution is 2.36. The predicted molar refractivity (Wildman–Crippen MR) is 95.4 cm³/mol. The van der Waals surface area contributed by atoms with Crippen molar-refractivity contribution in [2.24, 2.45) is 0 Å². The Morgan fingerprint density at radius 2 is 1.96 bits per heavy atom. The van der Waals surface area contributed by atoms with Crippen LogP contribution in [0.4, 0.5) is 17.1 Å². The van der Waals surface area contributed by atoms with E-state index in [2.05, 4.69) is 5.32 Å². The molecule has 0 saturated heterocycles. The number of carbonyl (C=O) groups excluding carboxylic acids is 1. The molecule has 1 heterocycles. The summed E-state index contributed by atoms with van der Waals surface area (Å²) in [5.41, 5.74) is 2.89. The topological polar surface area (TPSA) is 75.5 Å². The highest BCUT2D eigenvalue weighted by molar-refractivity contribution is 6.36. The van der Waals surface area contributed by atoms with Crippen LogP contribution in [0.2, 0.25) is 5.02 Å². The van der Waals surface area contributed by atoms with Gasteiger partial charge >= 0.3 is 0 Å². The number of hydrogen-bond donors (Lipinski definition) is 1. The average Bonchev–Trinajstić information content (AvgIpc) is 2.82.